The minimum absolute atomic E-state index is 0.597. The van der Waals surface area contributed by atoms with Crippen molar-refractivity contribution in [2.75, 3.05) is 6.54 Å². The molecule has 0 spiro atoms. The lowest BCUT2D eigenvalue weighted by atomic mass is 9.99. The lowest BCUT2D eigenvalue weighted by molar-refractivity contribution is 0.394. The molecule has 0 bridgehead atoms. The number of unbranched alkanes of at least 4 members (excludes halogenated alkanes) is 1. The highest BCUT2D eigenvalue weighted by Gasteiger charge is 2.08. The molecule has 1 nitrogen and oxygen atoms in total. The van der Waals surface area contributed by atoms with Gasteiger partial charge in [-0.3, -0.25) is 0 Å². The summed E-state index contributed by atoms with van der Waals surface area (Å²) in [6, 6.07) is 2.83. The van der Waals surface area contributed by atoms with E-state index in [0.29, 0.717) is 6.04 Å². The summed E-state index contributed by atoms with van der Waals surface area (Å²) in [6.07, 6.45) is 6.54. The first-order valence-corrected chi connectivity index (χ1v) is 7.95. The molecule has 0 aromatic carbocycles. The SMILES string of the molecule is CCCCC(CC)CNC(C)Cc1ccsc1. The summed E-state index contributed by atoms with van der Waals surface area (Å²) in [5.74, 6) is 0.861. The molecule has 1 aromatic heterocycles. The van der Waals surface area contributed by atoms with Crippen LogP contribution in [-0.4, -0.2) is 12.6 Å². The van der Waals surface area contributed by atoms with Gasteiger partial charge in [-0.25, -0.2) is 0 Å². The fraction of sp³-hybridized carbons (Fsp3) is 0.733. The van der Waals surface area contributed by atoms with Crippen LogP contribution in [0.2, 0.25) is 0 Å². The topological polar surface area (TPSA) is 12.0 Å². The molecule has 1 N–H and O–H groups in total. The van der Waals surface area contributed by atoms with Crippen LogP contribution in [0, 0.1) is 5.92 Å². The van der Waals surface area contributed by atoms with E-state index >= 15 is 0 Å². The molecule has 0 saturated carbocycles. The van der Waals surface area contributed by atoms with Gasteiger partial charge < -0.3 is 5.32 Å². The molecule has 98 valence electrons. The van der Waals surface area contributed by atoms with Crippen LogP contribution in [-0.2, 0) is 6.42 Å². The quantitative estimate of drug-likeness (QED) is 0.684. The fourth-order valence-electron chi connectivity index (χ4n) is 2.15. The maximum atomic E-state index is 3.69. The van der Waals surface area contributed by atoms with E-state index in [2.05, 4.69) is 42.9 Å². The highest BCUT2D eigenvalue weighted by molar-refractivity contribution is 7.07. The summed E-state index contributed by atoms with van der Waals surface area (Å²) in [5, 5.41) is 8.11. The molecule has 0 aliphatic carbocycles. The molecule has 0 radical (unpaired) electrons. The molecule has 0 saturated heterocycles. The summed E-state index contributed by atoms with van der Waals surface area (Å²) >= 11 is 1.79. The molecule has 2 atom stereocenters. The van der Waals surface area contributed by atoms with Crippen molar-refractivity contribution >= 4 is 11.3 Å². The van der Waals surface area contributed by atoms with E-state index in [-0.39, 0.29) is 0 Å². The van der Waals surface area contributed by atoms with E-state index in [1.165, 1.54) is 37.8 Å². The van der Waals surface area contributed by atoms with Crippen LogP contribution in [0.4, 0.5) is 0 Å². The average molecular weight is 253 g/mol. The van der Waals surface area contributed by atoms with Gasteiger partial charge in [-0.2, -0.15) is 11.3 Å². The Balaban J connectivity index is 2.19. The van der Waals surface area contributed by atoms with Crippen LogP contribution in [0.25, 0.3) is 0 Å². The normalized spacial score (nSPS) is 14.8. The fourth-order valence-corrected chi connectivity index (χ4v) is 2.83. The first-order chi connectivity index (χ1) is 8.26. The lowest BCUT2D eigenvalue weighted by Gasteiger charge is -2.19. The van der Waals surface area contributed by atoms with Crippen molar-refractivity contribution in [3.8, 4) is 0 Å². The summed E-state index contributed by atoms with van der Waals surface area (Å²) in [4.78, 5) is 0. The maximum Gasteiger partial charge on any atom is 0.00795 e. The second-order valence-electron chi connectivity index (χ2n) is 5.06. The van der Waals surface area contributed by atoms with E-state index < -0.39 is 0 Å². The smallest absolute Gasteiger partial charge is 0.00795 e. The van der Waals surface area contributed by atoms with Crippen LogP contribution in [0.3, 0.4) is 0 Å². The van der Waals surface area contributed by atoms with Crippen molar-refractivity contribution in [2.24, 2.45) is 5.92 Å². The molecule has 1 aromatic rings. The molecule has 0 fully saturated rings. The van der Waals surface area contributed by atoms with Crippen molar-refractivity contribution in [3.05, 3.63) is 22.4 Å². The molecule has 1 heterocycles. The van der Waals surface area contributed by atoms with Gasteiger partial charge in [0.2, 0.25) is 0 Å². The number of rotatable bonds is 9. The van der Waals surface area contributed by atoms with Gasteiger partial charge in [-0.05, 0) is 54.6 Å². The van der Waals surface area contributed by atoms with Crippen molar-refractivity contribution in [1.82, 2.24) is 5.32 Å². The van der Waals surface area contributed by atoms with Gasteiger partial charge in [0.05, 0.1) is 0 Å². The second kappa shape index (κ2) is 8.71. The monoisotopic (exact) mass is 253 g/mol. The molecule has 0 aliphatic heterocycles. The van der Waals surface area contributed by atoms with Gasteiger partial charge in [0.15, 0.2) is 0 Å². The van der Waals surface area contributed by atoms with E-state index in [1.54, 1.807) is 11.3 Å². The van der Waals surface area contributed by atoms with Crippen LogP contribution in [0.15, 0.2) is 16.8 Å². The Kier molecular flexibility index (Phi) is 7.54. The standard InChI is InChI=1S/C15H27NS/c1-4-6-7-14(5-2)11-16-13(3)10-15-8-9-17-12-15/h8-9,12-14,16H,4-7,10-11H2,1-3H3. The Morgan fingerprint density at radius 2 is 2.18 bits per heavy atom. The lowest BCUT2D eigenvalue weighted by Crippen LogP contribution is -2.32. The Labute approximate surface area is 111 Å². The van der Waals surface area contributed by atoms with E-state index in [0.717, 1.165) is 12.3 Å². The summed E-state index contributed by atoms with van der Waals surface area (Å²) < 4.78 is 0. The molecular weight excluding hydrogens is 226 g/mol. The summed E-state index contributed by atoms with van der Waals surface area (Å²) in [6.45, 7) is 8.07. The summed E-state index contributed by atoms with van der Waals surface area (Å²) in [5.41, 5.74) is 1.47. The number of hydrogen-bond donors (Lipinski definition) is 1. The highest BCUT2D eigenvalue weighted by atomic mass is 32.1. The van der Waals surface area contributed by atoms with Gasteiger partial charge in [0, 0.05) is 6.04 Å². The van der Waals surface area contributed by atoms with Crippen LogP contribution >= 0.6 is 11.3 Å². The molecule has 0 aliphatic rings. The van der Waals surface area contributed by atoms with Gasteiger partial charge >= 0.3 is 0 Å². The zero-order valence-electron chi connectivity index (χ0n) is 11.5. The first-order valence-electron chi connectivity index (χ1n) is 7.00. The Hall–Kier alpha value is -0.340. The average Bonchev–Trinajstić information content (AvgIpc) is 2.82. The zero-order chi connectivity index (χ0) is 12.5. The van der Waals surface area contributed by atoms with Gasteiger partial charge in [-0.1, -0.05) is 33.1 Å². The van der Waals surface area contributed by atoms with E-state index in [1.807, 2.05) is 0 Å². The predicted octanol–water partition coefficient (Wildman–Crippen LogP) is 4.49. The Morgan fingerprint density at radius 1 is 1.35 bits per heavy atom. The number of hydrogen-bond acceptors (Lipinski definition) is 2. The Bertz CT molecular complexity index is 268. The third-order valence-corrected chi connectivity index (χ3v) is 4.15. The minimum Gasteiger partial charge on any atom is -0.314 e. The zero-order valence-corrected chi connectivity index (χ0v) is 12.4. The molecule has 1 rings (SSSR count). The Morgan fingerprint density at radius 3 is 2.76 bits per heavy atom. The van der Waals surface area contributed by atoms with Gasteiger partial charge in [0.1, 0.15) is 0 Å². The number of thiophene rings is 1. The van der Waals surface area contributed by atoms with Gasteiger partial charge in [0.25, 0.3) is 0 Å². The molecule has 0 amide bonds. The largest absolute Gasteiger partial charge is 0.314 e. The molecule has 17 heavy (non-hydrogen) atoms. The minimum atomic E-state index is 0.597. The predicted molar refractivity (Wildman–Crippen MR) is 78.8 cm³/mol. The first kappa shape index (κ1) is 14.7. The molecule has 2 heteroatoms. The van der Waals surface area contributed by atoms with E-state index in [4.69, 9.17) is 0 Å². The van der Waals surface area contributed by atoms with Crippen molar-refractivity contribution < 1.29 is 0 Å². The molecule has 2 unspecified atom stereocenters. The van der Waals surface area contributed by atoms with Crippen molar-refractivity contribution in [3.63, 3.8) is 0 Å². The third-order valence-electron chi connectivity index (χ3n) is 3.42. The van der Waals surface area contributed by atoms with Crippen LogP contribution < -0.4 is 5.32 Å². The second-order valence-corrected chi connectivity index (χ2v) is 5.84. The highest BCUT2D eigenvalue weighted by Crippen LogP contribution is 2.13. The number of nitrogens with one attached hydrogen (secondary N) is 1. The van der Waals surface area contributed by atoms with Crippen LogP contribution in [0.1, 0.15) is 52.0 Å². The summed E-state index contributed by atoms with van der Waals surface area (Å²) in [7, 11) is 0. The van der Waals surface area contributed by atoms with Crippen LogP contribution in [0.5, 0.6) is 0 Å². The van der Waals surface area contributed by atoms with E-state index in [9.17, 15) is 0 Å². The molecular formula is C15H27NS. The maximum absolute atomic E-state index is 3.69. The van der Waals surface area contributed by atoms with Crippen molar-refractivity contribution in [2.45, 2.75) is 58.9 Å². The third kappa shape index (κ3) is 6.23. The van der Waals surface area contributed by atoms with Crippen molar-refractivity contribution in [1.29, 1.82) is 0 Å². The van der Waals surface area contributed by atoms with Gasteiger partial charge in [-0.15, -0.1) is 0 Å².